The molecule has 2 amide bonds. The Morgan fingerprint density at radius 2 is 1.75 bits per heavy atom. The van der Waals surface area contributed by atoms with E-state index in [-0.39, 0.29) is 11.8 Å². The molecule has 0 aromatic heterocycles. The van der Waals surface area contributed by atoms with Crippen LogP contribution < -0.4 is 9.64 Å². The predicted molar refractivity (Wildman–Crippen MR) is 125 cm³/mol. The van der Waals surface area contributed by atoms with Crippen molar-refractivity contribution in [2.24, 2.45) is 0 Å². The Labute approximate surface area is 190 Å². The van der Waals surface area contributed by atoms with E-state index in [1.807, 2.05) is 59.1 Å². The third-order valence-electron chi connectivity index (χ3n) is 6.23. The van der Waals surface area contributed by atoms with E-state index in [9.17, 15) is 9.59 Å². The van der Waals surface area contributed by atoms with Gasteiger partial charge in [0.15, 0.2) is 0 Å². The minimum atomic E-state index is 0.0240. The van der Waals surface area contributed by atoms with Crippen molar-refractivity contribution in [1.82, 2.24) is 14.7 Å². The highest BCUT2D eigenvalue weighted by Crippen LogP contribution is 2.26. The van der Waals surface area contributed by atoms with Crippen LogP contribution in [0.3, 0.4) is 0 Å². The molecule has 4 rings (SSSR count). The van der Waals surface area contributed by atoms with Gasteiger partial charge in [-0.3, -0.25) is 14.5 Å². The maximum Gasteiger partial charge on any atom is 0.254 e. The van der Waals surface area contributed by atoms with E-state index in [4.69, 9.17) is 4.74 Å². The Kier molecular flexibility index (Phi) is 6.65. The highest BCUT2D eigenvalue weighted by Gasteiger charge is 2.23. The quantitative estimate of drug-likeness (QED) is 0.737. The van der Waals surface area contributed by atoms with E-state index < -0.39 is 0 Å². The first kappa shape index (κ1) is 22.1. The maximum atomic E-state index is 13.2. The summed E-state index contributed by atoms with van der Waals surface area (Å²) in [4.78, 5) is 32.9. The molecule has 2 heterocycles. The maximum absolute atomic E-state index is 13.2. The molecule has 7 heteroatoms. The normalized spacial score (nSPS) is 16.7. The molecular weight excluding hydrogens is 404 g/mol. The summed E-state index contributed by atoms with van der Waals surface area (Å²) in [6, 6.07) is 14.0. The Bertz CT molecular complexity index is 983. The fraction of sp³-hybridized carbons (Fsp3) is 0.440. The highest BCUT2D eigenvalue weighted by molar-refractivity contribution is 5.95. The fourth-order valence-electron chi connectivity index (χ4n) is 4.30. The molecular formula is C25H32N4O3. The third kappa shape index (κ3) is 5.05. The zero-order valence-electron chi connectivity index (χ0n) is 19.2. The number of ether oxygens (including phenoxy) is 1. The number of hydrogen-bond donors (Lipinski definition) is 0. The number of benzene rings is 2. The molecule has 0 unspecified atom stereocenters. The SMILES string of the molecule is CC(=O)N1CCN(Cc2ccc3c(c2)CN(C(=O)c2cccc(N(C)C)c2)CCO3)CC1. The summed E-state index contributed by atoms with van der Waals surface area (Å²) in [6.07, 6.45) is 0. The van der Waals surface area contributed by atoms with Crippen molar-refractivity contribution in [3.63, 3.8) is 0 Å². The molecule has 0 saturated carbocycles. The van der Waals surface area contributed by atoms with Gasteiger partial charge in [-0.15, -0.1) is 0 Å². The van der Waals surface area contributed by atoms with Crippen LogP contribution in [0.15, 0.2) is 42.5 Å². The minimum Gasteiger partial charge on any atom is -0.491 e. The lowest BCUT2D eigenvalue weighted by Crippen LogP contribution is -2.47. The van der Waals surface area contributed by atoms with Crippen molar-refractivity contribution in [2.45, 2.75) is 20.0 Å². The van der Waals surface area contributed by atoms with Crippen LogP contribution >= 0.6 is 0 Å². The minimum absolute atomic E-state index is 0.0240. The molecule has 2 aromatic carbocycles. The number of hydrogen-bond acceptors (Lipinski definition) is 5. The monoisotopic (exact) mass is 436 g/mol. The molecule has 0 aliphatic carbocycles. The first-order chi connectivity index (χ1) is 15.4. The lowest BCUT2D eigenvalue weighted by molar-refractivity contribution is -0.130. The Morgan fingerprint density at radius 3 is 2.47 bits per heavy atom. The van der Waals surface area contributed by atoms with Gasteiger partial charge < -0.3 is 19.4 Å². The summed E-state index contributed by atoms with van der Waals surface area (Å²) in [5.74, 6) is 1.02. The molecule has 32 heavy (non-hydrogen) atoms. The van der Waals surface area contributed by atoms with E-state index in [0.29, 0.717) is 25.3 Å². The average molecular weight is 437 g/mol. The van der Waals surface area contributed by atoms with E-state index in [0.717, 1.165) is 49.7 Å². The molecule has 2 aromatic rings. The van der Waals surface area contributed by atoms with Gasteiger partial charge in [-0.25, -0.2) is 0 Å². The van der Waals surface area contributed by atoms with Gasteiger partial charge in [-0.1, -0.05) is 12.1 Å². The third-order valence-corrected chi connectivity index (χ3v) is 6.23. The second-order valence-corrected chi connectivity index (χ2v) is 8.74. The number of amides is 2. The molecule has 2 aliphatic rings. The van der Waals surface area contributed by atoms with Crippen molar-refractivity contribution in [2.75, 3.05) is 58.3 Å². The smallest absolute Gasteiger partial charge is 0.254 e. The number of anilines is 1. The van der Waals surface area contributed by atoms with Crippen LogP contribution in [0.4, 0.5) is 5.69 Å². The lowest BCUT2D eigenvalue weighted by atomic mass is 10.1. The van der Waals surface area contributed by atoms with Crippen molar-refractivity contribution < 1.29 is 14.3 Å². The number of rotatable bonds is 4. The van der Waals surface area contributed by atoms with E-state index in [1.54, 1.807) is 6.92 Å². The number of piperazine rings is 1. The van der Waals surface area contributed by atoms with Crippen LogP contribution in [0.5, 0.6) is 5.75 Å². The van der Waals surface area contributed by atoms with E-state index in [2.05, 4.69) is 17.0 Å². The standard InChI is InChI=1S/C25H32N4O3/c1-19(30)28-11-9-27(10-12-28)17-20-7-8-24-22(15-20)18-29(13-14-32-24)25(31)21-5-4-6-23(16-21)26(2)3/h4-8,15-16H,9-14,17-18H2,1-3H3. The summed E-state index contributed by atoms with van der Waals surface area (Å²) in [7, 11) is 3.95. The molecule has 0 N–H and O–H groups in total. The predicted octanol–water partition coefficient (Wildman–Crippen LogP) is 2.45. The van der Waals surface area contributed by atoms with Gasteiger partial charge in [0.1, 0.15) is 12.4 Å². The molecule has 0 spiro atoms. The van der Waals surface area contributed by atoms with Crippen LogP contribution in [-0.2, 0) is 17.9 Å². The Balaban J connectivity index is 1.46. The molecule has 170 valence electrons. The van der Waals surface area contributed by atoms with E-state index >= 15 is 0 Å². The van der Waals surface area contributed by atoms with Gasteiger partial charge >= 0.3 is 0 Å². The van der Waals surface area contributed by atoms with Crippen LogP contribution in [-0.4, -0.2) is 79.9 Å². The van der Waals surface area contributed by atoms with Crippen LogP contribution in [0, 0.1) is 0 Å². The van der Waals surface area contributed by atoms with Gasteiger partial charge in [-0.2, -0.15) is 0 Å². The zero-order valence-corrected chi connectivity index (χ0v) is 19.2. The summed E-state index contributed by atoms with van der Waals surface area (Å²) in [5, 5.41) is 0. The summed E-state index contributed by atoms with van der Waals surface area (Å²) >= 11 is 0. The van der Waals surface area contributed by atoms with Crippen molar-refractivity contribution in [1.29, 1.82) is 0 Å². The summed E-state index contributed by atoms with van der Waals surface area (Å²) < 4.78 is 5.95. The average Bonchev–Trinajstić information content (AvgIpc) is 3.01. The van der Waals surface area contributed by atoms with Crippen LogP contribution in [0.25, 0.3) is 0 Å². The van der Waals surface area contributed by atoms with Gasteiger partial charge in [0, 0.05) is 77.1 Å². The highest BCUT2D eigenvalue weighted by atomic mass is 16.5. The molecule has 0 atom stereocenters. The largest absolute Gasteiger partial charge is 0.491 e. The molecule has 0 bridgehead atoms. The molecule has 0 radical (unpaired) electrons. The molecule has 1 fully saturated rings. The number of fused-ring (bicyclic) bond motifs is 1. The van der Waals surface area contributed by atoms with Gasteiger partial charge in [0.25, 0.3) is 5.91 Å². The zero-order chi connectivity index (χ0) is 22.7. The second kappa shape index (κ2) is 9.61. The van der Waals surface area contributed by atoms with Gasteiger partial charge in [-0.05, 0) is 35.9 Å². The van der Waals surface area contributed by atoms with Gasteiger partial charge in [0.05, 0.1) is 6.54 Å². The molecule has 7 nitrogen and oxygen atoms in total. The van der Waals surface area contributed by atoms with Crippen LogP contribution in [0.2, 0.25) is 0 Å². The summed E-state index contributed by atoms with van der Waals surface area (Å²) in [6.45, 7) is 7.34. The molecule has 2 aliphatic heterocycles. The first-order valence-corrected chi connectivity index (χ1v) is 11.2. The second-order valence-electron chi connectivity index (χ2n) is 8.74. The molecule has 1 saturated heterocycles. The Hall–Kier alpha value is -3.06. The Morgan fingerprint density at radius 1 is 0.969 bits per heavy atom. The van der Waals surface area contributed by atoms with E-state index in [1.165, 1.54) is 5.56 Å². The summed E-state index contributed by atoms with van der Waals surface area (Å²) in [5.41, 5.74) is 3.95. The van der Waals surface area contributed by atoms with Crippen molar-refractivity contribution >= 4 is 17.5 Å². The fourth-order valence-corrected chi connectivity index (χ4v) is 4.30. The van der Waals surface area contributed by atoms with Crippen LogP contribution in [0.1, 0.15) is 28.4 Å². The topological polar surface area (TPSA) is 56.3 Å². The first-order valence-electron chi connectivity index (χ1n) is 11.2. The van der Waals surface area contributed by atoms with Gasteiger partial charge in [0.2, 0.25) is 5.91 Å². The van der Waals surface area contributed by atoms with Crippen molar-refractivity contribution in [3.05, 3.63) is 59.2 Å². The number of carbonyl (C=O) groups is 2. The lowest BCUT2D eigenvalue weighted by Gasteiger charge is -2.34. The number of nitrogens with zero attached hydrogens (tertiary/aromatic N) is 4. The number of carbonyl (C=O) groups excluding carboxylic acids is 2. The van der Waals surface area contributed by atoms with Crippen molar-refractivity contribution in [3.8, 4) is 5.75 Å².